The van der Waals surface area contributed by atoms with Crippen LogP contribution < -0.4 is 10.6 Å². The van der Waals surface area contributed by atoms with Crippen LogP contribution in [0.4, 0.5) is 0 Å². The van der Waals surface area contributed by atoms with Crippen molar-refractivity contribution in [3.05, 3.63) is 35.4 Å². The molecule has 4 nitrogen and oxygen atoms in total. The Labute approximate surface area is 120 Å². The molecular formula is C16H23N3O. The maximum atomic E-state index is 12.2. The summed E-state index contributed by atoms with van der Waals surface area (Å²) in [5.74, 6) is 0.171. The summed E-state index contributed by atoms with van der Waals surface area (Å²) >= 11 is 0. The first-order valence-electron chi connectivity index (χ1n) is 7.60. The highest BCUT2D eigenvalue weighted by Gasteiger charge is 2.23. The van der Waals surface area contributed by atoms with Crippen molar-refractivity contribution in [3.8, 4) is 0 Å². The maximum absolute atomic E-state index is 12.2. The van der Waals surface area contributed by atoms with E-state index < -0.39 is 0 Å². The summed E-state index contributed by atoms with van der Waals surface area (Å²) in [4.78, 5) is 14.4. The molecule has 0 atom stereocenters. The SMILES string of the molecule is O=C(CN1CCCNCC1)NC1Cc2ccccc2C1. The smallest absolute Gasteiger partial charge is 0.234 e. The molecule has 0 unspecified atom stereocenters. The first kappa shape index (κ1) is 13.6. The number of carbonyl (C=O) groups excluding carboxylic acids is 1. The Bertz CT molecular complexity index is 442. The summed E-state index contributed by atoms with van der Waals surface area (Å²) in [5, 5.41) is 6.55. The van der Waals surface area contributed by atoms with Gasteiger partial charge >= 0.3 is 0 Å². The highest BCUT2D eigenvalue weighted by atomic mass is 16.2. The molecule has 2 aliphatic rings. The van der Waals surface area contributed by atoms with Crippen LogP contribution in [0.1, 0.15) is 17.5 Å². The fraction of sp³-hybridized carbons (Fsp3) is 0.562. The van der Waals surface area contributed by atoms with Crippen LogP contribution in [0.25, 0.3) is 0 Å². The van der Waals surface area contributed by atoms with Gasteiger partial charge in [-0.2, -0.15) is 0 Å². The summed E-state index contributed by atoms with van der Waals surface area (Å²) in [6.07, 6.45) is 3.08. The average Bonchev–Trinajstić information content (AvgIpc) is 2.66. The van der Waals surface area contributed by atoms with Crippen molar-refractivity contribution >= 4 is 5.91 Å². The highest BCUT2D eigenvalue weighted by Crippen LogP contribution is 2.21. The van der Waals surface area contributed by atoms with Crippen molar-refractivity contribution in [2.75, 3.05) is 32.7 Å². The van der Waals surface area contributed by atoms with E-state index >= 15 is 0 Å². The molecular weight excluding hydrogens is 250 g/mol. The standard InChI is InChI=1S/C16H23N3O/c20-16(12-19-8-3-6-17-7-9-19)18-15-10-13-4-1-2-5-14(13)11-15/h1-2,4-5,15,17H,3,6-12H2,(H,18,20). The molecule has 20 heavy (non-hydrogen) atoms. The van der Waals surface area contributed by atoms with Gasteiger partial charge in [-0.1, -0.05) is 24.3 Å². The summed E-state index contributed by atoms with van der Waals surface area (Å²) in [7, 11) is 0. The Hall–Kier alpha value is -1.39. The zero-order valence-corrected chi connectivity index (χ0v) is 11.9. The molecule has 1 heterocycles. The first-order chi connectivity index (χ1) is 9.81. The summed E-state index contributed by atoms with van der Waals surface area (Å²) in [6, 6.07) is 8.77. The quantitative estimate of drug-likeness (QED) is 0.846. The normalized spacial score (nSPS) is 20.4. The van der Waals surface area contributed by atoms with E-state index in [0.717, 1.165) is 45.4 Å². The predicted molar refractivity (Wildman–Crippen MR) is 79.7 cm³/mol. The topological polar surface area (TPSA) is 44.4 Å². The largest absolute Gasteiger partial charge is 0.352 e. The van der Waals surface area contributed by atoms with Gasteiger partial charge in [-0.15, -0.1) is 0 Å². The van der Waals surface area contributed by atoms with Crippen molar-refractivity contribution < 1.29 is 4.79 Å². The molecule has 2 N–H and O–H groups in total. The van der Waals surface area contributed by atoms with Crippen molar-refractivity contribution in [1.82, 2.24) is 15.5 Å². The third kappa shape index (κ3) is 3.38. The minimum atomic E-state index is 0.171. The van der Waals surface area contributed by atoms with Crippen LogP contribution >= 0.6 is 0 Å². The van der Waals surface area contributed by atoms with Crippen LogP contribution in [0, 0.1) is 0 Å². The number of benzene rings is 1. The van der Waals surface area contributed by atoms with Gasteiger partial charge in [0.1, 0.15) is 0 Å². The molecule has 1 fully saturated rings. The fourth-order valence-electron chi connectivity index (χ4n) is 3.20. The molecule has 4 heteroatoms. The zero-order valence-electron chi connectivity index (χ0n) is 11.9. The van der Waals surface area contributed by atoms with Crippen LogP contribution in [-0.2, 0) is 17.6 Å². The molecule has 1 aromatic rings. The van der Waals surface area contributed by atoms with Gasteiger partial charge in [0.05, 0.1) is 6.54 Å². The maximum Gasteiger partial charge on any atom is 0.234 e. The number of hydrogen-bond acceptors (Lipinski definition) is 3. The molecule has 1 amide bonds. The monoisotopic (exact) mass is 273 g/mol. The Balaban J connectivity index is 1.48. The lowest BCUT2D eigenvalue weighted by atomic mass is 10.1. The van der Waals surface area contributed by atoms with Gasteiger partial charge in [0.2, 0.25) is 5.91 Å². The molecule has 1 saturated heterocycles. The van der Waals surface area contributed by atoms with Crippen LogP contribution in [0.5, 0.6) is 0 Å². The first-order valence-corrected chi connectivity index (χ1v) is 7.60. The third-order valence-corrected chi connectivity index (χ3v) is 4.22. The predicted octanol–water partition coefficient (Wildman–Crippen LogP) is 0.565. The molecule has 1 aromatic carbocycles. The lowest BCUT2D eigenvalue weighted by Gasteiger charge is -2.20. The van der Waals surface area contributed by atoms with Gasteiger partial charge in [-0.05, 0) is 43.5 Å². The van der Waals surface area contributed by atoms with Crippen LogP contribution in [-0.4, -0.2) is 49.6 Å². The number of hydrogen-bond donors (Lipinski definition) is 2. The Morgan fingerprint density at radius 2 is 1.95 bits per heavy atom. The van der Waals surface area contributed by atoms with Gasteiger partial charge in [-0.3, -0.25) is 9.69 Å². The van der Waals surface area contributed by atoms with Gasteiger partial charge in [-0.25, -0.2) is 0 Å². The van der Waals surface area contributed by atoms with Gasteiger partial charge in [0.25, 0.3) is 0 Å². The lowest BCUT2D eigenvalue weighted by molar-refractivity contribution is -0.122. The Morgan fingerprint density at radius 1 is 1.20 bits per heavy atom. The molecule has 1 aliphatic carbocycles. The van der Waals surface area contributed by atoms with Crippen molar-refractivity contribution in [1.29, 1.82) is 0 Å². The lowest BCUT2D eigenvalue weighted by Crippen LogP contribution is -2.43. The molecule has 0 radical (unpaired) electrons. The van der Waals surface area contributed by atoms with E-state index in [4.69, 9.17) is 0 Å². The van der Waals surface area contributed by atoms with E-state index in [-0.39, 0.29) is 11.9 Å². The second-order valence-corrected chi connectivity index (χ2v) is 5.82. The Kier molecular flexibility index (Phi) is 4.33. The summed E-state index contributed by atoms with van der Waals surface area (Å²) in [5.41, 5.74) is 2.77. The van der Waals surface area contributed by atoms with E-state index in [0.29, 0.717) is 6.54 Å². The number of nitrogens with zero attached hydrogens (tertiary/aromatic N) is 1. The minimum Gasteiger partial charge on any atom is -0.352 e. The molecule has 3 rings (SSSR count). The van der Waals surface area contributed by atoms with E-state index in [1.807, 2.05) is 0 Å². The number of carbonyl (C=O) groups is 1. The fourth-order valence-corrected chi connectivity index (χ4v) is 3.20. The van der Waals surface area contributed by atoms with Crippen molar-refractivity contribution in [2.24, 2.45) is 0 Å². The molecule has 108 valence electrons. The number of nitrogens with one attached hydrogen (secondary N) is 2. The van der Waals surface area contributed by atoms with Crippen LogP contribution in [0.3, 0.4) is 0 Å². The molecule has 0 saturated carbocycles. The highest BCUT2D eigenvalue weighted by molar-refractivity contribution is 5.78. The van der Waals surface area contributed by atoms with Gasteiger partial charge in [0, 0.05) is 19.1 Å². The molecule has 0 spiro atoms. The van der Waals surface area contributed by atoms with E-state index in [9.17, 15) is 4.79 Å². The van der Waals surface area contributed by atoms with Crippen molar-refractivity contribution in [3.63, 3.8) is 0 Å². The van der Waals surface area contributed by atoms with Crippen molar-refractivity contribution in [2.45, 2.75) is 25.3 Å². The molecule has 1 aliphatic heterocycles. The number of rotatable bonds is 3. The van der Waals surface area contributed by atoms with E-state index in [1.54, 1.807) is 0 Å². The molecule has 0 bridgehead atoms. The second kappa shape index (κ2) is 6.37. The van der Waals surface area contributed by atoms with Gasteiger partial charge in [0.15, 0.2) is 0 Å². The second-order valence-electron chi connectivity index (χ2n) is 5.82. The minimum absolute atomic E-state index is 0.171. The number of fused-ring (bicyclic) bond motifs is 1. The van der Waals surface area contributed by atoms with Crippen LogP contribution in [0.2, 0.25) is 0 Å². The van der Waals surface area contributed by atoms with Crippen LogP contribution in [0.15, 0.2) is 24.3 Å². The van der Waals surface area contributed by atoms with E-state index in [1.165, 1.54) is 11.1 Å². The number of amides is 1. The van der Waals surface area contributed by atoms with Gasteiger partial charge < -0.3 is 10.6 Å². The molecule has 0 aromatic heterocycles. The zero-order chi connectivity index (χ0) is 13.8. The van der Waals surface area contributed by atoms with E-state index in [2.05, 4.69) is 39.8 Å². The third-order valence-electron chi connectivity index (χ3n) is 4.22. The Morgan fingerprint density at radius 3 is 2.70 bits per heavy atom. The summed E-state index contributed by atoms with van der Waals surface area (Å²) < 4.78 is 0. The summed E-state index contributed by atoms with van der Waals surface area (Å²) in [6.45, 7) is 4.58. The average molecular weight is 273 g/mol.